The zero-order valence-corrected chi connectivity index (χ0v) is 47.4. The summed E-state index contributed by atoms with van der Waals surface area (Å²) in [5.41, 5.74) is -2.10. The number of nitrogens with zero attached hydrogens (tertiary/aromatic N) is 3. The van der Waals surface area contributed by atoms with Crippen LogP contribution in [-0.4, -0.2) is 108 Å². The first-order chi connectivity index (χ1) is 36.3. The molecule has 0 aromatic carbocycles. The van der Waals surface area contributed by atoms with Crippen LogP contribution in [0, 0.1) is 58.2 Å². The van der Waals surface area contributed by atoms with Crippen LogP contribution in [0.25, 0.3) is 0 Å². The third-order valence-corrected chi connectivity index (χ3v) is 17.1. The summed E-state index contributed by atoms with van der Waals surface area (Å²) in [6, 6.07) is -0.582. The van der Waals surface area contributed by atoms with Crippen molar-refractivity contribution in [3.63, 3.8) is 0 Å². The Bertz CT molecular complexity index is 1900. The molecule has 1 aromatic rings. The maximum absolute atomic E-state index is 13.7. The van der Waals surface area contributed by atoms with Crippen molar-refractivity contribution in [2.24, 2.45) is 58.2 Å². The second kappa shape index (κ2) is 32.3. The lowest BCUT2D eigenvalue weighted by molar-refractivity contribution is -0.424. The minimum atomic E-state index is -1.05. The van der Waals surface area contributed by atoms with Crippen LogP contribution < -0.4 is 0 Å². The van der Waals surface area contributed by atoms with Crippen molar-refractivity contribution in [2.45, 2.75) is 208 Å². The molecule has 16 nitrogen and oxygen atoms in total. The van der Waals surface area contributed by atoms with Crippen LogP contribution in [0.15, 0.2) is 18.7 Å². The van der Waals surface area contributed by atoms with Crippen LogP contribution in [0.1, 0.15) is 208 Å². The average Bonchev–Trinajstić information content (AvgIpc) is 3.97. The topological polar surface area (TPSA) is 196 Å². The molecule has 1 amide bonds. The van der Waals surface area contributed by atoms with Gasteiger partial charge in [-0.3, -0.25) is 28.8 Å². The Hall–Kier alpha value is -4.63. The Morgan fingerprint density at radius 1 is 0.461 bits per heavy atom. The largest absolute Gasteiger partial charge is 0.503 e. The molecule has 0 N–H and O–H groups in total. The fourth-order valence-corrected chi connectivity index (χ4v) is 11.1. The predicted molar refractivity (Wildman–Crippen MR) is 287 cm³/mol. The first kappa shape index (κ1) is 62.2. The zero-order chi connectivity index (χ0) is 54.9. The molecule has 0 bridgehead atoms. The number of carbonyl (C=O) groups is 7. The quantitative estimate of drug-likeness (QED) is 0.0318. The number of amides is 1. The number of aromatic nitrogens is 2. The number of rotatable bonds is 29. The molecule has 1 aromatic heterocycles. The maximum Gasteiger partial charge on any atom is 0.503 e. The molecule has 428 valence electrons. The molecule has 4 saturated carbocycles. The van der Waals surface area contributed by atoms with Gasteiger partial charge in [0.05, 0.1) is 29.7 Å². The number of esters is 6. The molecular weight excluding hydrogens is 971 g/mol. The summed E-state index contributed by atoms with van der Waals surface area (Å²) in [6.45, 7) is 11.4. The summed E-state index contributed by atoms with van der Waals surface area (Å²) in [5, 5.41) is 0. The van der Waals surface area contributed by atoms with Gasteiger partial charge in [-0.15, -0.1) is 0 Å². The summed E-state index contributed by atoms with van der Waals surface area (Å²) >= 11 is 0. The highest BCUT2D eigenvalue weighted by Crippen LogP contribution is 2.35. The minimum absolute atomic E-state index is 0.126. The molecule has 4 aliphatic carbocycles. The highest BCUT2D eigenvalue weighted by Gasteiger charge is 2.34. The summed E-state index contributed by atoms with van der Waals surface area (Å²) < 4.78 is 36.9. The number of ether oxygens (including phenoxy) is 6. The third kappa shape index (κ3) is 23.9. The van der Waals surface area contributed by atoms with Gasteiger partial charge in [0.15, 0.2) is 6.33 Å². The van der Waals surface area contributed by atoms with Crippen molar-refractivity contribution in [3.8, 4) is 0 Å². The molecule has 16 heteroatoms. The van der Waals surface area contributed by atoms with E-state index in [0.717, 1.165) is 128 Å². The smallest absolute Gasteiger partial charge is 0.465 e. The van der Waals surface area contributed by atoms with Crippen molar-refractivity contribution in [1.29, 1.82) is 0 Å². The fourth-order valence-electron chi connectivity index (χ4n) is 11.1. The second-order valence-corrected chi connectivity index (χ2v) is 24.8. The lowest BCUT2D eigenvalue weighted by atomic mass is 9.81. The molecule has 0 radical (unpaired) electrons. The zero-order valence-electron chi connectivity index (χ0n) is 47.4. The molecule has 4 fully saturated rings. The lowest BCUT2D eigenvalue weighted by Crippen LogP contribution is -2.37. The molecule has 4 aliphatic rings. The van der Waals surface area contributed by atoms with Crippen LogP contribution in [0.2, 0.25) is 0 Å². The number of imidazole rings is 1. The van der Waals surface area contributed by atoms with E-state index in [-0.39, 0.29) is 109 Å². The molecule has 0 saturated heterocycles. The monoisotopic (exact) mass is 1070 g/mol. The maximum atomic E-state index is 13.7. The fraction of sp³-hybridized carbons (Fsp3) is 0.817. The number of hydrogen-bond acceptors (Lipinski definition) is 14. The van der Waals surface area contributed by atoms with Crippen molar-refractivity contribution < 1.29 is 66.6 Å². The Kier molecular flexibility index (Phi) is 26.5. The molecule has 0 unspecified atom stereocenters. The van der Waals surface area contributed by atoms with E-state index in [1.807, 2.05) is 0 Å². The number of hydrogen-bond donors (Lipinski definition) is 0. The van der Waals surface area contributed by atoms with Gasteiger partial charge in [0.2, 0.25) is 0 Å². The highest BCUT2D eigenvalue weighted by atomic mass is 16.6. The minimum Gasteiger partial charge on any atom is -0.465 e. The van der Waals surface area contributed by atoms with Crippen LogP contribution in [0.4, 0.5) is 4.79 Å². The SMILES string of the molecule is CC1CCC(CCC(=O)OCC(C)(COC(=O)C/C=[N+](\CCC(=O)OCC(C)(COC(=O)CCC2CCC(C)CC2)COC(=O)CCC2CCC(C)CC2)C(=O)n2ccnc2)COC(=O)CCC2CCC(C)CC2)CC1. The highest BCUT2D eigenvalue weighted by molar-refractivity contribution is 5.86. The predicted octanol–water partition coefficient (Wildman–Crippen LogP) is 11.4. The van der Waals surface area contributed by atoms with E-state index in [1.54, 1.807) is 13.8 Å². The van der Waals surface area contributed by atoms with E-state index in [0.29, 0.717) is 47.3 Å². The van der Waals surface area contributed by atoms with Gasteiger partial charge in [0.25, 0.3) is 0 Å². The van der Waals surface area contributed by atoms with E-state index in [4.69, 9.17) is 28.4 Å². The summed E-state index contributed by atoms with van der Waals surface area (Å²) in [5.74, 6) is 2.03. The number of carbonyl (C=O) groups excluding carboxylic acids is 7. The van der Waals surface area contributed by atoms with Gasteiger partial charge < -0.3 is 28.4 Å². The molecule has 1 heterocycles. The van der Waals surface area contributed by atoms with Crippen LogP contribution >= 0.6 is 0 Å². The van der Waals surface area contributed by atoms with Gasteiger partial charge in [-0.2, -0.15) is 9.36 Å². The molecule has 0 atom stereocenters. The Balaban J connectivity index is 1.16. The van der Waals surface area contributed by atoms with Gasteiger partial charge in [-0.25, -0.2) is 9.56 Å². The standard InChI is InChI=1S/C60H96N3O13/c1-44-7-15-48(16-8-44)23-27-52(64)71-37-59(5,38-72-53(65)28-24-49-17-9-45(2)10-18-49)41-75-56(68)31-34-62(58(70)63-36-33-61-43-63)35-32-57(69)76-42-60(6,39-73-54(66)29-25-50-19-11-46(3)12-20-50)40-74-55(67)30-26-51-21-13-47(4)14-22-51/h33-34,36,43-51H,7-32,35,37-42H2,1-6H3/q+1/b62-34+. The molecule has 0 spiro atoms. The van der Waals surface area contributed by atoms with Crippen LogP contribution in [0.5, 0.6) is 0 Å². The average molecular weight is 1070 g/mol. The van der Waals surface area contributed by atoms with Gasteiger partial charge in [0, 0.05) is 25.7 Å². The summed E-state index contributed by atoms with van der Waals surface area (Å²) in [7, 11) is 0. The van der Waals surface area contributed by atoms with Crippen LogP contribution in [0.3, 0.4) is 0 Å². The van der Waals surface area contributed by atoms with Crippen molar-refractivity contribution >= 4 is 48.1 Å². The van der Waals surface area contributed by atoms with E-state index >= 15 is 0 Å². The van der Waals surface area contributed by atoms with E-state index < -0.39 is 28.8 Å². The van der Waals surface area contributed by atoms with E-state index in [2.05, 4.69) is 32.7 Å². The third-order valence-electron chi connectivity index (χ3n) is 17.1. The van der Waals surface area contributed by atoms with Gasteiger partial charge >= 0.3 is 41.8 Å². The van der Waals surface area contributed by atoms with Gasteiger partial charge in [0.1, 0.15) is 58.8 Å². The van der Waals surface area contributed by atoms with Crippen molar-refractivity contribution in [2.75, 3.05) is 46.2 Å². The second-order valence-electron chi connectivity index (χ2n) is 24.8. The van der Waals surface area contributed by atoms with Crippen LogP contribution in [-0.2, 0) is 57.2 Å². The summed E-state index contributed by atoms with van der Waals surface area (Å²) in [4.78, 5) is 96.6. The molecular formula is C60H96N3O13+. The molecule has 5 rings (SSSR count). The van der Waals surface area contributed by atoms with Gasteiger partial charge in [-0.1, -0.05) is 130 Å². The Labute approximate surface area is 454 Å². The summed E-state index contributed by atoms with van der Waals surface area (Å²) in [6.07, 6.45) is 27.1. The van der Waals surface area contributed by atoms with Gasteiger partial charge in [-0.05, 0) is 86.9 Å². The Morgan fingerprint density at radius 2 is 0.750 bits per heavy atom. The lowest BCUT2D eigenvalue weighted by Gasteiger charge is -2.29. The normalized spacial score (nSPS) is 25.7. The van der Waals surface area contributed by atoms with E-state index in [9.17, 15) is 33.6 Å². The van der Waals surface area contributed by atoms with Crippen molar-refractivity contribution in [1.82, 2.24) is 9.55 Å². The first-order valence-corrected chi connectivity index (χ1v) is 29.4. The first-order valence-electron chi connectivity index (χ1n) is 29.4. The van der Waals surface area contributed by atoms with Crippen molar-refractivity contribution in [3.05, 3.63) is 18.7 Å². The van der Waals surface area contributed by atoms with E-state index in [1.165, 1.54) is 34.1 Å². The Morgan fingerprint density at radius 3 is 1.04 bits per heavy atom. The molecule has 0 aliphatic heterocycles. The molecule has 76 heavy (non-hydrogen) atoms.